The Morgan fingerprint density at radius 1 is 1.05 bits per heavy atom. The summed E-state index contributed by atoms with van der Waals surface area (Å²) in [6.07, 6.45) is 0. The molecule has 1 heterocycles. The predicted molar refractivity (Wildman–Crippen MR) is 78.6 cm³/mol. The normalized spacial score (nSPS) is 10.7. The fourth-order valence-corrected chi connectivity index (χ4v) is 2.22. The number of nitrogens with one attached hydrogen (secondary N) is 1. The molecule has 0 atom stereocenters. The first-order chi connectivity index (χ1) is 9.65. The smallest absolute Gasteiger partial charge is 0.153 e. The quantitative estimate of drug-likeness (QED) is 0.742. The van der Waals surface area contributed by atoms with Crippen LogP contribution in [0.5, 0.6) is 0 Å². The van der Waals surface area contributed by atoms with Gasteiger partial charge in [0.05, 0.1) is 11.3 Å². The summed E-state index contributed by atoms with van der Waals surface area (Å²) in [4.78, 5) is 0. The minimum absolute atomic E-state index is 0.287. The molecule has 0 bridgehead atoms. The van der Waals surface area contributed by atoms with Crippen LogP contribution in [0.15, 0.2) is 48.5 Å². The minimum atomic E-state index is -0.287. The van der Waals surface area contributed by atoms with Gasteiger partial charge < -0.3 is 5.73 Å². The molecule has 0 aliphatic rings. The van der Waals surface area contributed by atoms with Crippen LogP contribution >= 0.6 is 0 Å². The standard InChI is InChI=1S/C16H14FN3/c1-10-5-7-11(8-6-10)14-15(19-20-16(14)18)12-3-2-4-13(17)9-12/h2-9H,1H3,(H3,18,19,20). The first kappa shape index (κ1) is 12.4. The average Bonchev–Trinajstić information content (AvgIpc) is 2.82. The Hall–Kier alpha value is -2.62. The number of H-pyrrole nitrogens is 1. The second-order valence-corrected chi connectivity index (χ2v) is 4.74. The second kappa shape index (κ2) is 4.81. The Bertz CT molecular complexity index is 745. The average molecular weight is 267 g/mol. The zero-order chi connectivity index (χ0) is 14.1. The van der Waals surface area contributed by atoms with Crippen molar-refractivity contribution < 1.29 is 4.39 Å². The van der Waals surface area contributed by atoms with Gasteiger partial charge in [-0.1, -0.05) is 42.0 Å². The molecule has 0 radical (unpaired) electrons. The van der Waals surface area contributed by atoms with Crippen LogP contribution < -0.4 is 5.73 Å². The van der Waals surface area contributed by atoms with Gasteiger partial charge in [0.2, 0.25) is 0 Å². The topological polar surface area (TPSA) is 54.7 Å². The van der Waals surface area contributed by atoms with Crippen molar-refractivity contribution in [3.05, 3.63) is 59.9 Å². The molecule has 3 N–H and O–H groups in total. The number of anilines is 1. The van der Waals surface area contributed by atoms with Crippen LogP contribution in [0.2, 0.25) is 0 Å². The van der Waals surface area contributed by atoms with Gasteiger partial charge in [-0.05, 0) is 24.6 Å². The highest BCUT2D eigenvalue weighted by Crippen LogP contribution is 2.34. The summed E-state index contributed by atoms with van der Waals surface area (Å²) in [6, 6.07) is 14.4. The number of nitrogens with two attached hydrogens (primary N) is 1. The lowest BCUT2D eigenvalue weighted by Crippen LogP contribution is -1.89. The largest absolute Gasteiger partial charge is 0.382 e. The van der Waals surface area contributed by atoms with Gasteiger partial charge in [0, 0.05) is 5.56 Å². The van der Waals surface area contributed by atoms with Crippen molar-refractivity contribution >= 4 is 5.82 Å². The number of rotatable bonds is 2. The van der Waals surface area contributed by atoms with Crippen LogP contribution in [-0.4, -0.2) is 10.2 Å². The highest BCUT2D eigenvalue weighted by Gasteiger charge is 2.14. The summed E-state index contributed by atoms with van der Waals surface area (Å²) < 4.78 is 13.4. The van der Waals surface area contributed by atoms with E-state index >= 15 is 0 Å². The summed E-state index contributed by atoms with van der Waals surface area (Å²) in [5.41, 5.74) is 10.3. The van der Waals surface area contributed by atoms with Gasteiger partial charge in [-0.25, -0.2) is 4.39 Å². The van der Waals surface area contributed by atoms with E-state index in [1.165, 1.54) is 17.7 Å². The number of benzene rings is 2. The molecule has 0 saturated heterocycles. The molecule has 0 amide bonds. The van der Waals surface area contributed by atoms with E-state index in [-0.39, 0.29) is 5.82 Å². The molecule has 4 heteroatoms. The molecule has 0 fully saturated rings. The van der Waals surface area contributed by atoms with Crippen molar-refractivity contribution in [2.75, 3.05) is 5.73 Å². The van der Waals surface area contributed by atoms with Crippen molar-refractivity contribution in [1.29, 1.82) is 0 Å². The Kier molecular flexibility index (Phi) is 2.99. The summed E-state index contributed by atoms with van der Waals surface area (Å²) in [5.74, 6) is 0.124. The second-order valence-electron chi connectivity index (χ2n) is 4.74. The van der Waals surface area contributed by atoms with Crippen LogP contribution in [0.1, 0.15) is 5.56 Å². The Morgan fingerprint density at radius 3 is 2.50 bits per heavy atom. The maximum atomic E-state index is 13.4. The molecule has 0 aliphatic carbocycles. The SMILES string of the molecule is Cc1ccc(-c2c(N)n[nH]c2-c2cccc(F)c2)cc1. The van der Waals surface area contributed by atoms with E-state index in [2.05, 4.69) is 10.2 Å². The number of aromatic nitrogens is 2. The Labute approximate surface area is 116 Å². The Morgan fingerprint density at radius 2 is 1.80 bits per heavy atom. The number of nitrogens with zero attached hydrogens (tertiary/aromatic N) is 1. The monoisotopic (exact) mass is 267 g/mol. The first-order valence-corrected chi connectivity index (χ1v) is 6.32. The van der Waals surface area contributed by atoms with Crippen LogP contribution in [-0.2, 0) is 0 Å². The van der Waals surface area contributed by atoms with E-state index < -0.39 is 0 Å². The van der Waals surface area contributed by atoms with Gasteiger partial charge >= 0.3 is 0 Å². The number of aryl methyl sites for hydroxylation is 1. The van der Waals surface area contributed by atoms with Crippen molar-refractivity contribution in [3.63, 3.8) is 0 Å². The fraction of sp³-hybridized carbons (Fsp3) is 0.0625. The van der Waals surface area contributed by atoms with E-state index in [1.54, 1.807) is 6.07 Å². The lowest BCUT2D eigenvalue weighted by atomic mass is 10.00. The first-order valence-electron chi connectivity index (χ1n) is 6.32. The summed E-state index contributed by atoms with van der Waals surface area (Å²) in [6.45, 7) is 2.02. The van der Waals surface area contributed by atoms with Gasteiger partial charge in [0.25, 0.3) is 0 Å². The highest BCUT2D eigenvalue weighted by molar-refractivity contribution is 5.87. The molecule has 0 saturated carbocycles. The van der Waals surface area contributed by atoms with Crippen molar-refractivity contribution in [2.45, 2.75) is 6.92 Å². The van der Waals surface area contributed by atoms with Gasteiger partial charge in [-0.15, -0.1) is 0 Å². The van der Waals surface area contributed by atoms with E-state index in [0.717, 1.165) is 22.4 Å². The summed E-state index contributed by atoms with van der Waals surface area (Å²) in [7, 11) is 0. The molecule has 2 aromatic carbocycles. The zero-order valence-corrected chi connectivity index (χ0v) is 11.0. The number of halogens is 1. The van der Waals surface area contributed by atoms with Crippen LogP contribution in [0.4, 0.5) is 10.2 Å². The van der Waals surface area contributed by atoms with Gasteiger partial charge in [0.1, 0.15) is 5.82 Å². The molecular formula is C16H14FN3. The summed E-state index contributed by atoms with van der Waals surface area (Å²) >= 11 is 0. The van der Waals surface area contributed by atoms with E-state index in [1.807, 2.05) is 37.3 Å². The number of hydrogen-bond donors (Lipinski definition) is 2. The molecule has 0 unspecified atom stereocenters. The minimum Gasteiger partial charge on any atom is -0.382 e. The molecule has 0 spiro atoms. The summed E-state index contributed by atoms with van der Waals surface area (Å²) in [5, 5.41) is 6.94. The zero-order valence-electron chi connectivity index (χ0n) is 11.0. The maximum absolute atomic E-state index is 13.4. The highest BCUT2D eigenvalue weighted by atomic mass is 19.1. The molecule has 1 aromatic heterocycles. The molecule has 0 aliphatic heterocycles. The third kappa shape index (κ3) is 2.16. The molecule has 20 heavy (non-hydrogen) atoms. The van der Waals surface area contributed by atoms with Crippen molar-refractivity contribution in [3.8, 4) is 22.4 Å². The number of nitrogen functional groups attached to an aromatic ring is 1. The van der Waals surface area contributed by atoms with Gasteiger partial charge in [0.15, 0.2) is 5.82 Å². The molecule has 3 nitrogen and oxygen atoms in total. The Balaban J connectivity index is 2.17. The molecule has 100 valence electrons. The lowest BCUT2D eigenvalue weighted by Gasteiger charge is -2.05. The van der Waals surface area contributed by atoms with E-state index in [9.17, 15) is 4.39 Å². The molecule has 3 aromatic rings. The van der Waals surface area contributed by atoms with Crippen LogP contribution in [0.25, 0.3) is 22.4 Å². The van der Waals surface area contributed by atoms with Crippen molar-refractivity contribution in [1.82, 2.24) is 10.2 Å². The fourth-order valence-electron chi connectivity index (χ4n) is 2.22. The maximum Gasteiger partial charge on any atom is 0.153 e. The van der Waals surface area contributed by atoms with Crippen LogP contribution in [0.3, 0.4) is 0 Å². The molecular weight excluding hydrogens is 253 g/mol. The van der Waals surface area contributed by atoms with Gasteiger partial charge in [-0.2, -0.15) is 5.10 Å². The van der Waals surface area contributed by atoms with Crippen molar-refractivity contribution in [2.24, 2.45) is 0 Å². The van der Waals surface area contributed by atoms with E-state index in [4.69, 9.17) is 5.73 Å². The van der Waals surface area contributed by atoms with Gasteiger partial charge in [-0.3, -0.25) is 5.10 Å². The van der Waals surface area contributed by atoms with Crippen LogP contribution in [0, 0.1) is 12.7 Å². The number of hydrogen-bond acceptors (Lipinski definition) is 2. The predicted octanol–water partition coefficient (Wildman–Crippen LogP) is 3.77. The third-order valence-electron chi connectivity index (χ3n) is 3.25. The third-order valence-corrected chi connectivity index (χ3v) is 3.25. The van der Waals surface area contributed by atoms with E-state index in [0.29, 0.717) is 5.82 Å². The molecule has 3 rings (SSSR count). The number of aromatic amines is 1. The lowest BCUT2D eigenvalue weighted by molar-refractivity contribution is 0.628.